The van der Waals surface area contributed by atoms with Crippen molar-refractivity contribution >= 4 is 39.5 Å². The Morgan fingerprint density at radius 2 is 1.82 bits per heavy atom. The first-order valence-electron chi connectivity index (χ1n) is 10.9. The molecule has 0 aliphatic carbocycles. The zero-order valence-electron chi connectivity index (χ0n) is 18.4. The van der Waals surface area contributed by atoms with Gasteiger partial charge >= 0.3 is 0 Å². The monoisotopic (exact) mass is 515 g/mol. The Hall–Kier alpha value is -2.90. The van der Waals surface area contributed by atoms with Crippen LogP contribution < -0.4 is 20.4 Å². The van der Waals surface area contributed by atoms with Gasteiger partial charge in [-0.25, -0.2) is 19.9 Å². The van der Waals surface area contributed by atoms with Gasteiger partial charge in [0, 0.05) is 51.7 Å². The van der Waals surface area contributed by atoms with E-state index in [2.05, 4.69) is 66.4 Å². The van der Waals surface area contributed by atoms with Gasteiger partial charge in [-0.05, 0) is 22.9 Å². The van der Waals surface area contributed by atoms with E-state index < -0.39 is 0 Å². The lowest BCUT2D eigenvalue weighted by Gasteiger charge is -2.34. The highest BCUT2D eigenvalue weighted by Crippen LogP contribution is 2.20. The van der Waals surface area contributed by atoms with Gasteiger partial charge in [-0.2, -0.15) is 10.1 Å². The summed E-state index contributed by atoms with van der Waals surface area (Å²) < 4.78 is 8.61. The normalized spacial score (nSPS) is 19.0. The molecule has 0 bridgehead atoms. The van der Waals surface area contributed by atoms with Gasteiger partial charge in [0.25, 0.3) is 0 Å². The van der Waals surface area contributed by atoms with Crippen molar-refractivity contribution in [1.29, 1.82) is 0 Å². The molecule has 2 aliphatic heterocycles. The topological polar surface area (TPSA) is 122 Å². The van der Waals surface area contributed by atoms with E-state index in [9.17, 15) is 0 Å². The Morgan fingerprint density at radius 3 is 2.55 bits per heavy atom. The van der Waals surface area contributed by atoms with Crippen molar-refractivity contribution in [2.75, 3.05) is 61.0 Å². The lowest BCUT2D eigenvalue weighted by atomic mass is 10.3. The molecule has 3 aromatic rings. The van der Waals surface area contributed by atoms with Crippen molar-refractivity contribution in [3.05, 3.63) is 35.1 Å². The number of nitrogens with zero attached hydrogens (tertiary/aromatic N) is 9. The van der Waals surface area contributed by atoms with Crippen molar-refractivity contribution in [1.82, 2.24) is 40.0 Å². The van der Waals surface area contributed by atoms with Crippen LogP contribution in [0.2, 0.25) is 0 Å². The van der Waals surface area contributed by atoms with Gasteiger partial charge in [-0.1, -0.05) is 0 Å². The molecule has 2 aliphatic rings. The summed E-state index contributed by atoms with van der Waals surface area (Å²) in [7, 11) is 0. The number of ether oxygens (including phenoxy) is 1. The van der Waals surface area contributed by atoms with Crippen LogP contribution in [0.5, 0.6) is 0 Å². The predicted octanol–water partition coefficient (Wildman–Crippen LogP) is 0.988. The van der Waals surface area contributed by atoms with Gasteiger partial charge in [0.15, 0.2) is 0 Å². The second kappa shape index (κ2) is 9.93. The van der Waals surface area contributed by atoms with Crippen LogP contribution >= 0.6 is 15.9 Å². The molecule has 0 radical (unpaired) electrons. The molecule has 12 nitrogen and oxygen atoms in total. The van der Waals surface area contributed by atoms with Crippen molar-refractivity contribution in [3.8, 4) is 0 Å². The summed E-state index contributed by atoms with van der Waals surface area (Å²) in [5.41, 5.74) is 1.88. The predicted molar refractivity (Wildman–Crippen MR) is 127 cm³/mol. The van der Waals surface area contributed by atoms with Crippen LogP contribution in [-0.2, 0) is 11.3 Å². The minimum atomic E-state index is 0.121. The van der Waals surface area contributed by atoms with Crippen LogP contribution in [0.25, 0.3) is 0 Å². The second-order valence-electron chi connectivity index (χ2n) is 7.93. The van der Waals surface area contributed by atoms with E-state index in [4.69, 9.17) is 4.74 Å². The highest BCUT2D eigenvalue weighted by Gasteiger charge is 2.22. The van der Waals surface area contributed by atoms with Crippen LogP contribution in [-0.4, -0.2) is 86.7 Å². The maximum absolute atomic E-state index is 5.79. The van der Waals surface area contributed by atoms with Gasteiger partial charge in [-0.15, -0.1) is 0 Å². The molecule has 3 aromatic heterocycles. The number of anilines is 4. The number of piperazine rings is 1. The van der Waals surface area contributed by atoms with Crippen LogP contribution in [0.3, 0.4) is 0 Å². The number of morpholine rings is 1. The van der Waals surface area contributed by atoms with E-state index in [1.807, 2.05) is 11.6 Å². The zero-order valence-corrected chi connectivity index (χ0v) is 19.9. The summed E-state index contributed by atoms with van der Waals surface area (Å²) >= 11 is 3.37. The van der Waals surface area contributed by atoms with Crippen LogP contribution in [0, 0.1) is 6.92 Å². The fraction of sp³-hybridized carbons (Fsp3) is 0.500. The molecule has 2 N–H and O–H groups in total. The van der Waals surface area contributed by atoms with Crippen LogP contribution in [0.4, 0.5) is 23.5 Å². The molecule has 0 aromatic carbocycles. The second-order valence-corrected chi connectivity index (χ2v) is 8.85. The minimum Gasteiger partial charge on any atom is -0.374 e. The Bertz CT molecular complexity index is 1060. The first-order valence-corrected chi connectivity index (χ1v) is 11.7. The van der Waals surface area contributed by atoms with Gasteiger partial charge in [0.1, 0.15) is 6.33 Å². The highest BCUT2D eigenvalue weighted by atomic mass is 79.9. The number of hydrogen-bond donors (Lipinski definition) is 2. The summed E-state index contributed by atoms with van der Waals surface area (Å²) in [5, 5.41) is 11.1. The number of rotatable bonds is 6. The average Bonchev–Trinajstić information content (AvgIpc) is 3.19. The van der Waals surface area contributed by atoms with Crippen molar-refractivity contribution in [2.45, 2.75) is 19.6 Å². The lowest BCUT2D eigenvalue weighted by molar-refractivity contribution is 0.0158. The van der Waals surface area contributed by atoms with Crippen molar-refractivity contribution < 1.29 is 4.74 Å². The molecular weight excluding hydrogens is 490 g/mol. The van der Waals surface area contributed by atoms with Crippen molar-refractivity contribution in [3.63, 3.8) is 0 Å². The largest absolute Gasteiger partial charge is 0.374 e. The minimum absolute atomic E-state index is 0.121. The molecule has 5 heterocycles. The van der Waals surface area contributed by atoms with Gasteiger partial charge in [-0.3, -0.25) is 4.68 Å². The summed E-state index contributed by atoms with van der Waals surface area (Å²) in [6, 6.07) is 0. The zero-order chi connectivity index (χ0) is 22.6. The number of halogens is 1. The maximum atomic E-state index is 5.79. The molecule has 174 valence electrons. The SMILES string of the molecule is Cc1c(Nc2ncnc(N3CCN(c4ncc(Br)cn4)CC3)n2)cnn1C[C@@H]1CNCCO1. The van der Waals surface area contributed by atoms with Crippen LogP contribution in [0.1, 0.15) is 5.69 Å². The molecule has 1 atom stereocenters. The van der Waals surface area contributed by atoms with E-state index in [0.717, 1.165) is 67.7 Å². The Morgan fingerprint density at radius 1 is 1.06 bits per heavy atom. The summed E-state index contributed by atoms with van der Waals surface area (Å²) in [6.07, 6.45) is 6.99. The molecule has 0 amide bonds. The molecule has 0 unspecified atom stereocenters. The third-order valence-corrected chi connectivity index (χ3v) is 6.15. The first kappa shape index (κ1) is 21.9. The fourth-order valence-electron chi connectivity index (χ4n) is 3.88. The number of aromatic nitrogens is 7. The van der Waals surface area contributed by atoms with Gasteiger partial charge in [0.05, 0.1) is 41.3 Å². The molecule has 13 heteroatoms. The third-order valence-electron chi connectivity index (χ3n) is 5.74. The summed E-state index contributed by atoms with van der Waals surface area (Å²) in [4.78, 5) is 26.4. The lowest BCUT2D eigenvalue weighted by Crippen LogP contribution is -2.47. The first-order chi connectivity index (χ1) is 16.2. The third kappa shape index (κ3) is 5.20. The van der Waals surface area contributed by atoms with E-state index in [1.54, 1.807) is 18.6 Å². The number of nitrogens with one attached hydrogen (secondary N) is 2. The Kier molecular flexibility index (Phi) is 6.60. The van der Waals surface area contributed by atoms with E-state index in [0.29, 0.717) is 18.4 Å². The summed E-state index contributed by atoms with van der Waals surface area (Å²) in [5.74, 6) is 1.88. The molecule has 2 fully saturated rings. The number of hydrogen-bond acceptors (Lipinski definition) is 11. The van der Waals surface area contributed by atoms with E-state index >= 15 is 0 Å². The molecule has 33 heavy (non-hydrogen) atoms. The van der Waals surface area contributed by atoms with Crippen LogP contribution in [0.15, 0.2) is 29.4 Å². The average molecular weight is 516 g/mol. The maximum Gasteiger partial charge on any atom is 0.232 e. The van der Waals surface area contributed by atoms with Gasteiger partial charge in [0.2, 0.25) is 17.8 Å². The van der Waals surface area contributed by atoms with Gasteiger partial charge < -0.3 is 25.2 Å². The highest BCUT2D eigenvalue weighted by molar-refractivity contribution is 9.10. The standard InChI is InChI=1S/C20H26BrN11O/c1-14-17(11-27-32(14)12-16-10-22-2-7-33-16)28-18-25-13-26-20(29-18)31-5-3-30(4-6-31)19-23-8-15(21)9-24-19/h8-9,11,13,16,22H,2-7,10,12H2,1H3,(H,25,26,28,29)/t16-/m0/s1. The van der Waals surface area contributed by atoms with E-state index in [1.165, 1.54) is 6.33 Å². The van der Waals surface area contributed by atoms with E-state index in [-0.39, 0.29) is 6.10 Å². The molecule has 2 saturated heterocycles. The Balaban J connectivity index is 1.21. The fourth-order valence-corrected chi connectivity index (χ4v) is 4.08. The molecule has 0 saturated carbocycles. The molecular formula is C20H26BrN11O. The smallest absolute Gasteiger partial charge is 0.232 e. The quantitative estimate of drug-likeness (QED) is 0.488. The molecule has 0 spiro atoms. The molecule has 5 rings (SSSR count). The summed E-state index contributed by atoms with van der Waals surface area (Å²) in [6.45, 7) is 8.32. The Labute approximate surface area is 199 Å². The van der Waals surface area contributed by atoms with Crippen molar-refractivity contribution in [2.24, 2.45) is 0 Å².